The highest BCUT2D eigenvalue weighted by atomic mass is 16.5. The van der Waals surface area contributed by atoms with Gasteiger partial charge >= 0.3 is 0 Å². The minimum absolute atomic E-state index is 0.210. The fourth-order valence-corrected chi connectivity index (χ4v) is 5.21. The molecule has 0 heterocycles. The van der Waals surface area contributed by atoms with Crippen molar-refractivity contribution in [3.8, 4) is 11.5 Å². The van der Waals surface area contributed by atoms with E-state index in [1.54, 1.807) is 12.3 Å². The van der Waals surface area contributed by atoms with E-state index in [1.165, 1.54) is 128 Å². The third kappa shape index (κ3) is 16.7. The van der Waals surface area contributed by atoms with E-state index in [-0.39, 0.29) is 5.75 Å². The maximum atomic E-state index is 10.4. The summed E-state index contributed by atoms with van der Waals surface area (Å²) in [6, 6.07) is 14.0. The van der Waals surface area contributed by atoms with E-state index in [0.717, 1.165) is 24.3 Å². The van der Waals surface area contributed by atoms with E-state index in [9.17, 15) is 5.11 Å². The lowest BCUT2D eigenvalue weighted by molar-refractivity contribution is 0.302. The van der Waals surface area contributed by atoms with Crippen molar-refractivity contribution in [2.24, 2.45) is 4.99 Å². The Morgan fingerprint density at radius 1 is 0.600 bits per heavy atom. The van der Waals surface area contributed by atoms with Crippen LogP contribution >= 0.6 is 0 Å². The quantitative estimate of drug-likeness (QED) is 0.0988. The zero-order valence-electron chi connectivity index (χ0n) is 26.0. The molecule has 224 valence electrons. The molecule has 2 aromatic rings. The molecule has 0 bridgehead atoms. The topological polar surface area (TPSA) is 41.8 Å². The zero-order valence-corrected chi connectivity index (χ0v) is 26.0. The summed E-state index contributed by atoms with van der Waals surface area (Å²) in [6.07, 6.45) is 29.8. The molecule has 0 fully saturated rings. The van der Waals surface area contributed by atoms with Crippen LogP contribution in [0.2, 0.25) is 0 Å². The number of phenolic OH excluding ortho intramolecular Hbond substituents is 1. The summed E-state index contributed by atoms with van der Waals surface area (Å²) in [5.41, 5.74) is 3.00. The Morgan fingerprint density at radius 2 is 1.10 bits per heavy atom. The number of phenols is 1. The predicted molar refractivity (Wildman–Crippen MR) is 175 cm³/mol. The van der Waals surface area contributed by atoms with Gasteiger partial charge in [-0.2, -0.15) is 0 Å². The van der Waals surface area contributed by atoms with Gasteiger partial charge in [0.2, 0.25) is 0 Å². The SMILES string of the molecule is CCCCCCCCCCCCOc1ccc(C=Nc2ccc(CCCCCCCCCCCC)cc2)c(O)c1. The molecule has 3 nitrogen and oxygen atoms in total. The summed E-state index contributed by atoms with van der Waals surface area (Å²) in [7, 11) is 0. The molecule has 2 aromatic carbocycles. The highest BCUT2D eigenvalue weighted by Gasteiger charge is 2.03. The van der Waals surface area contributed by atoms with Crippen LogP contribution in [0.3, 0.4) is 0 Å². The van der Waals surface area contributed by atoms with E-state index in [2.05, 4.69) is 43.1 Å². The third-order valence-corrected chi connectivity index (χ3v) is 7.88. The van der Waals surface area contributed by atoms with Crippen LogP contribution in [-0.2, 0) is 6.42 Å². The first-order valence-electron chi connectivity index (χ1n) is 16.8. The van der Waals surface area contributed by atoms with Gasteiger partial charge in [-0.05, 0) is 49.1 Å². The molecular weight excluding hydrogens is 490 g/mol. The summed E-state index contributed by atoms with van der Waals surface area (Å²) < 4.78 is 5.86. The maximum Gasteiger partial charge on any atom is 0.128 e. The number of nitrogens with zero attached hydrogens (tertiary/aromatic N) is 1. The first-order chi connectivity index (χ1) is 19.7. The fraction of sp³-hybridized carbons (Fsp3) is 0.649. The predicted octanol–water partition coefficient (Wildman–Crippen LogP) is 11.9. The number of aryl methyl sites for hydroxylation is 1. The van der Waals surface area contributed by atoms with E-state index >= 15 is 0 Å². The second-order valence-electron chi connectivity index (χ2n) is 11.6. The Hall–Kier alpha value is -2.29. The molecule has 0 radical (unpaired) electrons. The van der Waals surface area contributed by atoms with Crippen molar-refractivity contribution in [2.45, 2.75) is 149 Å². The number of ether oxygens (including phenoxy) is 1. The van der Waals surface area contributed by atoms with Gasteiger partial charge in [0, 0.05) is 17.8 Å². The van der Waals surface area contributed by atoms with Gasteiger partial charge in [-0.1, -0.05) is 142 Å². The summed E-state index contributed by atoms with van der Waals surface area (Å²) in [5.74, 6) is 0.934. The average molecular weight is 550 g/mol. The lowest BCUT2D eigenvalue weighted by Gasteiger charge is -2.08. The lowest BCUT2D eigenvalue weighted by atomic mass is 10.0. The van der Waals surface area contributed by atoms with E-state index in [0.29, 0.717) is 12.2 Å². The summed E-state index contributed by atoms with van der Waals surface area (Å²) in [5, 5.41) is 10.4. The number of aliphatic imine (C=N–C) groups is 1. The molecule has 0 aromatic heterocycles. The van der Waals surface area contributed by atoms with Gasteiger partial charge in [-0.3, -0.25) is 4.99 Å². The Bertz CT molecular complexity index is 890. The molecule has 0 atom stereocenters. The van der Waals surface area contributed by atoms with Crippen LogP contribution in [0.1, 0.15) is 153 Å². The molecule has 0 saturated heterocycles. The minimum atomic E-state index is 0.210. The van der Waals surface area contributed by atoms with E-state index < -0.39 is 0 Å². The largest absolute Gasteiger partial charge is 0.507 e. The number of hydrogen-bond acceptors (Lipinski definition) is 3. The minimum Gasteiger partial charge on any atom is -0.507 e. The molecule has 0 amide bonds. The zero-order chi connectivity index (χ0) is 28.5. The van der Waals surface area contributed by atoms with Gasteiger partial charge in [-0.25, -0.2) is 0 Å². The van der Waals surface area contributed by atoms with E-state index in [1.807, 2.05) is 12.1 Å². The lowest BCUT2D eigenvalue weighted by Crippen LogP contribution is -1.97. The van der Waals surface area contributed by atoms with Gasteiger partial charge in [0.25, 0.3) is 0 Å². The fourth-order valence-electron chi connectivity index (χ4n) is 5.21. The van der Waals surface area contributed by atoms with Gasteiger partial charge in [0.1, 0.15) is 11.5 Å². The van der Waals surface area contributed by atoms with E-state index in [4.69, 9.17) is 4.74 Å². The molecular formula is C37H59NO2. The molecule has 0 saturated carbocycles. The number of rotatable bonds is 25. The molecule has 3 heteroatoms. The number of hydrogen-bond donors (Lipinski definition) is 1. The Balaban J connectivity index is 1.57. The molecule has 0 unspecified atom stereocenters. The van der Waals surface area contributed by atoms with Crippen molar-refractivity contribution in [2.75, 3.05) is 6.61 Å². The average Bonchev–Trinajstić information content (AvgIpc) is 2.97. The van der Waals surface area contributed by atoms with Gasteiger partial charge in [0.05, 0.1) is 12.3 Å². The van der Waals surface area contributed by atoms with Crippen molar-refractivity contribution in [3.63, 3.8) is 0 Å². The molecule has 40 heavy (non-hydrogen) atoms. The van der Waals surface area contributed by atoms with Crippen LogP contribution in [0, 0.1) is 0 Å². The molecule has 0 aliphatic carbocycles. The van der Waals surface area contributed by atoms with Crippen molar-refractivity contribution >= 4 is 11.9 Å². The van der Waals surface area contributed by atoms with Crippen molar-refractivity contribution in [1.82, 2.24) is 0 Å². The highest BCUT2D eigenvalue weighted by molar-refractivity contribution is 5.85. The van der Waals surface area contributed by atoms with Crippen LogP contribution in [0.25, 0.3) is 0 Å². The Labute approximate surface area is 246 Å². The first-order valence-corrected chi connectivity index (χ1v) is 16.8. The third-order valence-electron chi connectivity index (χ3n) is 7.88. The van der Waals surface area contributed by atoms with Crippen LogP contribution in [0.4, 0.5) is 5.69 Å². The summed E-state index contributed by atoms with van der Waals surface area (Å²) in [6.45, 7) is 5.25. The van der Waals surface area contributed by atoms with Crippen molar-refractivity contribution in [1.29, 1.82) is 0 Å². The number of benzene rings is 2. The first kappa shape index (κ1) is 33.9. The van der Waals surface area contributed by atoms with Crippen LogP contribution in [-0.4, -0.2) is 17.9 Å². The number of unbranched alkanes of at least 4 members (excludes halogenated alkanes) is 18. The number of aromatic hydroxyl groups is 1. The van der Waals surface area contributed by atoms with Gasteiger partial charge in [-0.15, -0.1) is 0 Å². The smallest absolute Gasteiger partial charge is 0.128 e. The van der Waals surface area contributed by atoms with Gasteiger partial charge < -0.3 is 9.84 Å². The highest BCUT2D eigenvalue weighted by Crippen LogP contribution is 2.24. The second kappa shape index (κ2) is 23.4. The van der Waals surface area contributed by atoms with Crippen LogP contribution in [0.5, 0.6) is 11.5 Å². The van der Waals surface area contributed by atoms with Crippen LogP contribution < -0.4 is 4.74 Å². The maximum absolute atomic E-state index is 10.4. The molecule has 0 aliphatic heterocycles. The van der Waals surface area contributed by atoms with Gasteiger partial charge in [0.15, 0.2) is 0 Å². The van der Waals surface area contributed by atoms with Crippen molar-refractivity contribution < 1.29 is 9.84 Å². The van der Waals surface area contributed by atoms with Crippen LogP contribution in [0.15, 0.2) is 47.5 Å². The standard InChI is InChI=1S/C37H59NO2/c1-3-5-7-9-11-13-15-17-19-21-23-33-24-27-35(28-25-33)38-32-34-26-29-36(31-37(34)39)40-30-22-20-18-16-14-12-10-8-6-4-2/h24-29,31-32,39H,3-23,30H2,1-2H3. The molecule has 2 rings (SSSR count). The normalized spacial score (nSPS) is 11.4. The summed E-state index contributed by atoms with van der Waals surface area (Å²) in [4.78, 5) is 4.57. The molecule has 1 N–H and O–H groups in total. The monoisotopic (exact) mass is 549 g/mol. The Kier molecular flexibility index (Phi) is 19.9. The molecule has 0 spiro atoms. The Morgan fingerprint density at radius 3 is 1.62 bits per heavy atom. The van der Waals surface area contributed by atoms with Crippen molar-refractivity contribution in [3.05, 3.63) is 53.6 Å². The molecule has 0 aliphatic rings. The summed E-state index contributed by atoms with van der Waals surface area (Å²) >= 11 is 0. The second-order valence-corrected chi connectivity index (χ2v) is 11.6.